The van der Waals surface area contributed by atoms with E-state index in [2.05, 4.69) is 0 Å². The van der Waals surface area contributed by atoms with Gasteiger partial charge in [-0.2, -0.15) is 0 Å². The summed E-state index contributed by atoms with van der Waals surface area (Å²) in [6.07, 6.45) is 11.0. The van der Waals surface area contributed by atoms with Gasteiger partial charge in [0, 0.05) is 6.42 Å². The fourth-order valence-electron chi connectivity index (χ4n) is 9.74. The number of carbonyl (C=O) groups excluding carboxylic acids is 2. The van der Waals surface area contributed by atoms with Crippen molar-refractivity contribution in [2.45, 2.75) is 102 Å². The van der Waals surface area contributed by atoms with Gasteiger partial charge in [-0.3, -0.25) is 9.59 Å². The van der Waals surface area contributed by atoms with Crippen LogP contribution in [0.5, 0.6) is 0 Å². The van der Waals surface area contributed by atoms with Gasteiger partial charge in [-0.05, 0) is 107 Å². The molecule has 2 atom stereocenters. The number of esters is 2. The molecule has 8 bridgehead atoms. The van der Waals surface area contributed by atoms with Gasteiger partial charge < -0.3 is 14.2 Å². The van der Waals surface area contributed by atoms with E-state index in [1.165, 1.54) is 26.2 Å². The molecule has 0 aliphatic heterocycles. The molecule has 0 amide bonds. The van der Waals surface area contributed by atoms with Gasteiger partial charge in [0.05, 0.1) is 16.4 Å². The first kappa shape index (κ1) is 23.2. The number of hydrogen-bond donors (Lipinski definition) is 0. The van der Waals surface area contributed by atoms with Crippen LogP contribution in [-0.2, 0) is 23.8 Å². The first-order chi connectivity index (χ1) is 16.1. The minimum atomic E-state index is -3.01. The Morgan fingerprint density at radius 2 is 1.24 bits per heavy atom. The smallest absolute Gasteiger partial charge is 0.314 e. The number of alkyl halides is 2. The maximum Gasteiger partial charge on any atom is 0.314 e. The van der Waals surface area contributed by atoms with Crippen LogP contribution in [0.2, 0.25) is 0 Å². The summed E-state index contributed by atoms with van der Waals surface area (Å²) in [6.45, 7) is 0.493. The summed E-state index contributed by atoms with van der Waals surface area (Å²) in [6, 6.07) is 0. The SMILES string of the molecule is CCC(F)(F)COC(=O)C12CC3CC(CC(C(=O)OCOC45CC6CC(CC(C6)C4)C5)(C3)C1)C2. The van der Waals surface area contributed by atoms with Crippen LogP contribution in [0.15, 0.2) is 0 Å². The highest BCUT2D eigenvalue weighted by Gasteiger charge is 2.64. The molecule has 34 heavy (non-hydrogen) atoms. The number of rotatable bonds is 8. The topological polar surface area (TPSA) is 61.8 Å². The molecule has 190 valence electrons. The second kappa shape index (κ2) is 7.88. The molecule has 8 rings (SSSR count). The third-order valence-electron chi connectivity index (χ3n) is 10.4. The lowest BCUT2D eigenvalue weighted by molar-refractivity contribution is -0.225. The third kappa shape index (κ3) is 3.88. The van der Waals surface area contributed by atoms with Crippen molar-refractivity contribution in [3.05, 3.63) is 0 Å². The molecule has 0 N–H and O–H groups in total. The van der Waals surface area contributed by atoms with Crippen LogP contribution < -0.4 is 0 Å². The van der Waals surface area contributed by atoms with Gasteiger partial charge in [-0.25, -0.2) is 8.78 Å². The normalized spacial score (nSPS) is 46.0. The van der Waals surface area contributed by atoms with E-state index in [1.54, 1.807) is 0 Å². The Kier molecular flexibility index (Phi) is 5.37. The molecule has 5 nitrogen and oxygen atoms in total. The average molecular weight is 481 g/mol. The van der Waals surface area contributed by atoms with Crippen LogP contribution >= 0.6 is 0 Å². The van der Waals surface area contributed by atoms with Crippen LogP contribution in [0, 0.1) is 40.4 Å². The van der Waals surface area contributed by atoms with Gasteiger partial charge in [0.1, 0.15) is 0 Å². The van der Waals surface area contributed by atoms with E-state index in [0.717, 1.165) is 56.3 Å². The van der Waals surface area contributed by atoms with Gasteiger partial charge in [0.15, 0.2) is 13.4 Å². The van der Waals surface area contributed by atoms with Crippen molar-refractivity contribution < 1.29 is 32.6 Å². The van der Waals surface area contributed by atoms with Gasteiger partial charge in [-0.1, -0.05) is 6.92 Å². The Morgan fingerprint density at radius 3 is 1.74 bits per heavy atom. The number of halogens is 2. The lowest BCUT2D eigenvalue weighted by Gasteiger charge is -2.59. The third-order valence-corrected chi connectivity index (χ3v) is 10.4. The molecule has 0 heterocycles. The van der Waals surface area contributed by atoms with Gasteiger partial charge in [0.25, 0.3) is 5.92 Å². The number of ether oxygens (including phenoxy) is 3. The predicted octanol–water partition coefficient (Wildman–Crippen LogP) is 5.65. The summed E-state index contributed by atoms with van der Waals surface area (Å²) in [5.74, 6) is -1.04. The van der Waals surface area contributed by atoms with E-state index in [1.807, 2.05) is 0 Å². The van der Waals surface area contributed by atoms with Crippen LogP contribution in [-0.4, -0.2) is 36.9 Å². The summed E-state index contributed by atoms with van der Waals surface area (Å²) >= 11 is 0. The van der Waals surface area contributed by atoms with Crippen molar-refractivity contribution in [1.82, 2.24) is 0 Å². The Bertz CT molecular complexity index is 805. The van der Waals surface area contributed by atoms with E-state index in [9.17, 15) is 18.4 Å². The second-order valence-electron chi connectivity index (χ2n) is 13.1. The summed E-state index contributed by atoms with van der Waals surface area (Å²) in [5, 5.41) is 0. The van der Waals surface area contributed by atoms with Gasteiger partial charge in [-0.15, -0.1) is 0 Å². The first-order valence-corrected chi connectivity index (χ1v) is 13.5. The first-order valence-electron chi connectivity index (χ1n) is 13.5. The largest absolute Gasteiger partial charge is 0.459 e. The molecular formula is C27H38F2O5. The molecule has 0 saturated heterocycles. The zero-order valence-corrected chi connectivity index (χ0v) is 20.3. The number of carbonyl (C=O) groups is 2. The minimum absolute atomic E-state index is 0.0117. The maximum absolute atomic E-state index is 13.7. The van der Waals surface area contributed by atoms with E-state index in [4.69, 9.17) is 14.2 Å². The van der Waals surface area contributed by atoms with Crippen molar-refractivity contribution >= 4 is 11.9 Å². The van der Waals surface area contributed by atoms with E-state index in [0.29, 0.717) is 19.3 Å². The van der Waals surface area contributed by atoms with Crippen molar-refractivity contribution in [3.8, 4) is 0 Å². The Hall–Kier alpha value is -1.24. The molecule has 0 aromatic rings. The van der Waals surface area contributed by atoms with Crippen LogP contribution in [0.3, 0.4) is 0 Å². The van der Waals surface area contributed by atoms with Crippen molar-refractivity contribution in [1.29, 1.82) is 0 Å². The maximum atomic E-state index is 13.7. The van der Waals surface area contributed by atoms with E-state index in [-0.39, 0.29) is 36.6 Å². The molecule has 0 radical (unpaired) electrons. The minimum Gasteiger partial charge on any atom is -0.459 e. The summed E-state index contributed by atoms with van der Waals surface area (Å²) in [5.41, 5.74) is -1.65. The molecule has 8 aliphatic carbocycles. The standard InChI is InChI=1S/C27H38F2O5/c1-2-27(28,29)15-32-22(30)24-7-20-6-21(8-24)10-25(9-20,14-24)23(31)33-16-34-26-11-17-3-18(12-26)5-19(4-17)13-26/h17-21H,2-16H2,1H3. The molecule has 7 heteroatoms. The molecule has 2 unspecified atom stereocenters. The molecular weight excluding hydrogens is 442 g/mol. The summed E-state index contributed by atoms with van der Waals surface area (Å²) in [7, 11) is 0. The fourth-order valence-corrected chi connectivity index (χ4v) is 9.74. The van der Waals surface area contributed by atoms with E-state index >= 15 is 0 Å². The monoisotopic (exact) mass is 480 g/mol. The highest BCUT2D eigenvalue weighted by atomic mass is 19.3. The lowest BCUT2D eigenvalue weighted by atomic mass is 9.44. The number of hydrogen-bond acceptors (Lipinski definition) is 5. The van der Waals surface area contributed by atoms with Crippen LogP contribution in [0.25, 0.3) is 0 Å². The van der Waals surface area contributed by atoms with Crippen LogP contribution in [0.4, 0.5) is 8.78 Å². The average Bonchev–Trinajstić information content (AvgIpc) is 2.75. The predicted molar refractivity (Wildman–Crippen MR) is 119 cm³/mol. The second-order valence-corrected chi connectivity index (χ2v) is 13.1. The van der Waals surface area contributed by atoms with Crippen LogP contribution in [0.1, 0.15) is 90.4 Å². The zero-order valence-electron chi connectivity index (χ0n) is 20.3. The Morgan fingerprint density at radius 1 is 0.765 bits per heavy atom. The molecule has 0 spiro atoms. The highest BCUT2D eigenvalue weighted by molar-refractivity contribution is 5.83. The zero-order chi connectivity index (χ0) is 23.8. The van der Waals surface area contributed by atoms with E-state index < -0.39 is 29.3 Å². The fraction of sp³-hybridized carbons (Fsp3) is 0.926. The Balaban J connectivity index is 1.10. The van der Waals surface area contributed by atoms with Crippen molar-refractivity contribution in [2.24, 2.45) is 40.4 Å². The molecule has 0 aromatic carbocycles. The molecule has 0 aromatic heterocycles. The molecule has 8 fully saturated rings. The Labute approximate surface area is 200 Å². The molecule has 8 aliphatic rings. The lowest BCUT2D eigenvalue weighted by Crippen LogP contribution is -2.58. The summed E-state index contributed by atoms with van der Waals surface area (Å²) < 4.78 is 44.7. The molecule has 8 saturated carbocycles. The van der Waals surface area contributed by atoms with Crippen molar-refractivity contribution in [2.75, 3.05) is 13.4 Å². The quantitative estimate of drug-likeness (QED) is 0.332. The van der Waals surface area contributed by atoms with Gasteiger partial charge in [0.2, 0.25) is 0 Å². The van der Waals surface area contributed by atoms with Crippen molar-refractivity contribution in [3.63, 3.8) is 0 Å². The summed E-state index contributed by atoms with van der Waals surface area (Å²) in [4.78, 5) is 26.5. The highest BCUT2D eigenvalue weighted by Crippen LogP contribution is 2.66. The van der Waals surface area contributed by atoms with Gasteiger partial charge >= 0.3 is 11.9 Å².